The van der Waals surface area contributed by atoms with Crippen LogP contribution in [0.3, 0.4) is 0 Å². The maximum absolute atomic E-state index is 12.6. The van der Waals surface area contributed by atoms with Crippen LogP contribution in [-0.4, -0.2) is 57.1 Å². The summed E-state index contributed by atoms with van der Waals surface area (Å²) in [6.45, 7) is 2.99. The number of esters is 1. The molecule has 32 heavy (non-hydrogen) atoms. The summed E-state index contributed by atoms with van der Waals surface area (Å²) < 4.78 is 31.0. The first kappa shape index (κ1) is 25.2. The molecule has 2 aromatic rings. The number of carbonyl (C=O) groups is 3. The molecule has 0 aliphatic rings. The molecule has 172 valence electrons. The molecule has 8 nitrogen and oxygen atoms in total. The zero-order chi connectivity index (χ0) is 23.7. The number of ether oxygens (including phenoxy) is 1. The Hall–Kier alpha value is -3.04. The molecule has 0 unspecified atom stereocenters. The molecule has 0 heterocycles. The Morgan fingerprint density at radius 2 is 1.62 bits per heavy atom. The molecule has 9 heteroatoms. The second-order valence-corrected chi connectivity index (χ2v) is 9.44. The number of hydrogen-bond donors (Lipinski definition) is 1. The van der Waals surface area contributed by atoms with Crippen molar-refractivity contribution in [2.24, 2.45) is 0 Å². The molecule has 0 radical (unpaired) electrons. The van der Waals surface area contributed by atoms with E-state index in [1.54, 1.807) is 0 Å². The van der Waals surface area contributed by atoms with Gasteiger partial charge in [-0.25, -0.2) is 8.42 Å². The highest BCUT2D eigenvalue weighted by Crippen LogP contribution is 2.15. The molecule has 2 aromatic carbocycles. The van der Waals surface area contributed by atoms with Crippen LogP contribution in [0.25, 0.3) is 0 Å². The van der Waals surface area contributed by atoms with Gasteiger partial charge in [0.25, 0.3) is 0 Å². The van der Waals surface area contributed by atoms with Crippen LogP contribution in [0.2, 0.25) is 0 Å². The number of rotatable bonds is 11. The number of amides is 1. The summed E-state index contributed by atoms with van der Waals surface area (Å²) in [5.41, 5.74) is 2.62. The van der Waals surface area contributed by atoms with Crippen LogP contribution in [0.1, 0.15) is 34.8 Å². The Morgan fingerprint density at radius 3 is 2.22 bits per heavy atom. The number of aryl methyl sites for hydroxylation is 2. The van der Waals surface area contributed by atoms with Crippen molar-refractivity contribution in [3.05, 3.63) is 65.2 Å². The van der Waals surface area contributed by atoms with Gasteiger partial charge in [0.2, 0.25) is 15.9 Å². The minimum atomic E-state index is -3.91. The Kier molecular flexibility index (Phi) is 9.10. The molecule has 0 atom stereocenters. The third-order valence-electron chi connectivity index (χ3n) is 4.77. The van der Waals surface area contributed by atoms with Gasteiger partial charge < -0.3 is 10.1 Å². The summed E-state index contributed by atoms with van der Waals surface area (Å²) in [5, 5.41) is 2.67. The fourth-order valence-electron chi connectivity index (χ4n) is 2.81. The van der Waals surface area contributed by atoms with Gasteiger partial charge in [-0.15, -0.1) is 0 Å². The maximum Gasteiger partial charge on any atom is 0.321 e. The van der Waals surface area contributed by atoms with E-state index < -0.39 is 22.5 Å². The Labute approximate surface area is 188 Å². The number of hydrogen-bond acceptors (Lipinski definition) is 6. The third kappa shape index (κ3) is 7.58. The lowest BCUT2D eigenvalue weighted by Crippen LogP contribution is -2.34. The molecule has 1 amide bonds. The summed E-state index contributed by atoms with van der Waals surface area (Å²) in [6.07, 6.45) is 0.933. The summed E-state index contributed by atoms with van der Waals surface area (Å²) in [6, 6.07) is 13.4. The van der Waals surface area contributed by atoms with Gasteiger partial charge in [0.15, 0.2) is 5.78 Å². The molecule has 0 fully saturated rings. The monoisotopic (exact) mass is 460 g/mol. The summed E-state index contributed by atoms with van der Waals surface area (Å²) >= 11 is 0. The van der Waals surface area contributed by atoms with Crippen molar-refractivity contribution >= 4 is 27.7 Å². The fourth-order valence-corrected chi connectivity index (χ4v) is 3.93. The van der Waals surface area contributed by atoms with Crippen LogP contribution in [0, 0.1) is 6.92 Å². The fraction of sp³-hybridized carbons (Fsp3) is 0.348. The predicted molar refractivity (Wildman–Crippen MR) is 120 cm³/mol. The van der Waals surface area contributed by atoms with E-state index in [0.717, 1.165) is 15.4 Å². The minimum Gasteiger partial charge on any atom is -0.463 e. The third-order valence-corrected chi connectivity index (χ3v) is 6.59. The van der Waals surface area contributed by atoms with Crippen LogP contribution < -0.4 is 5.32 Å². The van der Waals surface area contributed by atoms with Crippen LogP contribution in [0.4, 0.5) is 0 Å². The zero-order valence-electron chi connectivity index (χ0n) is 18.5. The lowest BCUT2D eigenvalue weighted by Gasteiger charge is -2.16. The van der Waals surface area contributed by atoms with E-state index in [1.807, 2.05) is 31.2 Å². The minimum absolute atomic E-state index is 0.0290. The average molecular weight is 461 g/mol. The lowest BCUT2D eigenvalue weighted by molar-refractivity contribution is -0.143. The second-order valence-electron chi connectivity index (χ2n) is 7.40. The van der Waals surface area contributed by atoms with Crippen molar-refractivity contribution in [3.8, 4) is 0 Å². The highest BCUT2D eigenvalue weighted by molar-refractivity contribution is 7.89. The SMILES string of the molecule is CC(=O)c1ccc(S(=O)(=O)N(C)CC(=O)OCCNC(=O)CCc2ccc(C)cc2)cc1. The molecule has 0 aliphatic carbocycles. The molecule has 0 spiro atoms. The number of Topliss-reactive ketones (excluding diaryl/α,β-unsaturated/α-hetero) is 1. The molecule has 1 N–H and O–H groups in total. The number of ketones is 1. The van der Waals surface area contributed by atoms with E-state index in [4.69, 9.17) is 4.74 Å². The van der Waals surface area contributed by atoms with Gasteiger partial charge in [-0.05, 0) is 38.0 Å². The van der Waals surface area contributed by atoms with Gasteiger partial charge in [0.05, 0.1) is 11.4 Å². The van der Waals surface area contributed by atoms with Crippen LogP contribution in [-0.2, 0) is 30.8 Å². The van der Waals surface area contributed by atoms with Crippen molar-refractivity contribution in [1.29, 1.82) is 0 Å². The van der Waals surface area contributed by atoms with Gasteiger partial charge in [0, 0.05) is 19.0 Å². The highest BCUT2D eigenvalue weighted by atomic mass is 32.2. The van der Waals surface area contributed by atoms with E-state index in [0.29, 0.717) is 18.4 Å². The van der Waals surface area contributed by atoms with Crippen LogP contribution in [0.15, 0.2) is 53.4 Å². The normalized spacial score (nSPS) is 11.2. The van der Waals surface area contributed by atoms with Gasteiger partial charge in [-0.2, -0.15) is 4.31 Å². The molecule has 0 aliphatic heterocycles. The molecule has 0 bridgehead atoms. The largest absolute Gasteiger partial charge is 0.463 e. The summed E-state index contributed by atoms with van der Waals surface area (Å²) in [7, 11) is -2.64. The Bertz CT molecular complexity index is 1050. The van der Waals surface area contributed by atoms with Gasteiger partial charge in [-0.1, -0.05) is 42.0 Å². The van der Waals surface area contributed by atoms with Crippen LogP contribution >= 0.6 is 0 Å². The standard InChI is InChI=1S/C23H28N2O6S/c1-17-4-6-19(7-5-17)8-13-22(27)24-14-15-31-23(28)16-25(3)32(29,30)21-11-9-20(10-12-21)18(2)26/h4-7,9-12H,8,13-16H2,1-3H3,(H,24,27). The molecular formula is C23H28N2O6S. The number of carbonyl (C=O) groups excluding carboxylic acids is 3. The average Bonchev–Trinajstić information content (AvgIpc) is 2.76. The van der Waals surface area contributed by atoms with Crippen molar-refractivity contribution < 1.29 is 27.5 Å². The molecule has 0 saturated carbocycles. The van der Waals surface area contributed by atoms with Crippen molar-refractivity contribution in [2.45, 2.75) is 31.6 Å². The van der Waals surface area contributed by atoms with Gasteiger partial charge >= 0.3 is 5.97 Å². The number of nitrogens with one attached hydrogen (secondary N) is 1. The number of sulfonamides is 1. The molecule has 0 saturated heterocycles. The number of likely N-dealkylation sites (N-methyl/N-ethyl adjacent to an activating group) is 1. The number of nitrogens with zero attached hydrogens (tertiary/aromatic N) is 1. The first-order valence-electron chi connectivity index (χ1n) is 10.1. The molecule has 2 rings (SSSR count). The van der Waals surface area contributed by atoms with Gasteiger partial charge in [0.1, 0.15) is 13.2 Å². The van der Waals surface area contributed by atoms with Crippen molar-refractivity contribution in [1.82, 2.24) is 9.62 Å². The lowest BCUT2D eigenvalue weighted by atomic mass is 10.1. The smallest absolute Gasteiger partial charge is 0.321 e. The van der Waals surface area contributed by atoms with E-state index in [2.05, 4.69) is 5.32 Å². The topological polar surface area (TPSA) is 110 Å². The zero-order valence-corrected chi connectivity index (χ0v) is 19.3. The summed E-state index contributed by atoms with van der Waals surface area (Å²) in [5.74, 6) is -1.06. The van der Waals surface area contributed by atoms with Crippen molar-refractivity contribution in [2.75, 3.05) is 26.7 Å². The summed E-state index contributed by atoms with van der Waals surface area (Å²) in [4.78, 5) is 35.2. The van der Waals surface area contributed by atoms with Crippen LogP contribution in [0.5, 0.6) is 0 Å². The number of benzene rings is 2. The van der Waals surface area contributed by atoms with E-state index in [1.165, 1.54) is 38.2 Å². The molecule has 0 aromatic heterocycles. The first-order valence-corrected chi connectivity index (χ1v) is 11.6. The van der Waals surface area contributed by atoms with E-state index in [9.17, 15) is 22.8 Å². The maximum atomic E-state index is 12.6. The second kappa shape index (κ2) is 11.5. The van der Waals surface area contributed by atoms with Gasteiger partial charge in [-0.3, -0.25) is 14.4 Å². The quantitative estimate of drug-likeness (QED) is 0.312. The Morgan fingerprint density at radius 1 is 1.00 bits per heavy atom. The highest BCUT2D eigenvalue weighted by Gasteiger charge is 2.23. The van der Waals surface area contributed by atoms with Crippen molar-refractivity contribution in [3.63, 3.8) is 0 Å². The van der Waals surface area contributed by atoms with E-state index in [-0.39, 0.29) is 29.7 Å². The predicted octanol–water partition coefficient (Wildman–Crippen LogP) is 2.11. The Balaban J connectivity index is 1.71. The molecular weight excluding hydrogens is 432 g/mol. The first-order chi connectivity index (χ1) is 15.1. The van der Waals surface area contributed by atoms with E-state index >= 15 is 0 Å².